The summed E-state index contributed by atoms with van der Waals surface area (Å²) in [6.07, 6.45) is -0.906. The number of nitrogens with two attached hydrogens (primary N) is 1. The van der Waals surface area contributed by atoms with E-state index in [1.165, 1.54) is 0 Å². The average Bonchev–Trinajstić information content (AvgIpc) is 2.78. The van der Waals surface area contributed by atoms with Gasteiger partial charge in [-0.05, 0) is 24.3 Å². The van der Waals surface area contributed by atoms with Crippen molar-refractivity contribution in [2.45, 2.75) is 6.10 Å². The maximum absolute atomic E-state index is 9.40. The monoisotopic (exact) mass is 283 g/mol. The highest BCUT2D eigenvalue weighted by molar-refractivity contribution is 9.10. The van der Waals surface area contributed by atoms with Crippen molar-refractivity contribution in [3.05, 3.63) is 34.6 Å². The van der Waals surface area contributed by atoms with Crippen LogP contribution in [0.5, 0.6) is 0 Å². The van der Waals surface area contributed by atoms with Crippen LogP contribution in [0, 0.1) is 0 Å². The van der Waals surface area contributed by atoms with Crippen LogP contribution in [0.1, 0.15) is 12.0 Å². The van der Waals surface area contributed by atoms with Gasteiger partial charge in [0.15, 0.2) is 0 Å². The SMILES string of the molecule is NCC(O)c1nc(-c2ccc(Br)cc2)no1. The maximum Gasteiger partial charge on any atom is 0.257 e. The summed E-state index contributed by atoms with van der Waals surface area (Å²) < 4.78 is 5.87. The highest BCUT2D eigenvalue weighted by Gasteiger charge is 2.14. The van der Waals surface area contributed by atoms with Crippen molar-refractivity contribution in [2.24, 2.45) is 5.73 Å². The molecule has 1 atom stereocenters. The Bertz CT molecular complexity index is 469. The van der Waals surface area contributed by atoms with Gasteiger partial charge in [-0.2, -0.15) is 4.98 Å². The number of halogens is 1. The van der Waals surface area contributed by atoms with Crippen LogP contribution in [-0.2, 0) is 0 Å². The summed E-state index contributed by atoms with van der Waals surface area (Å²) in [6.45, 7) is 0.0575. The van der Waals surface area contributed by atoms with Crippen molar-refractivity contribution in [3.63, 3.8) is 0 Å². The molecule has 0 saturated carbocycles. The average molecular weight is 284 g/mol. The fourth-order valence-electron chi connectivity index (χ4n) is 1.19. The van der Waals surface area contributed by atoms with Crippen molar-refractivity contribution < 1.29 is 9.63 Å². The molecule has 1 aromatic carbocycles. The summed E-state index contributed by atoms with van der Waals surface area (Å²) >= 11 is 3.34. The van der Waals surface area contributed by atoms with Crippen LogP contribution in [0.15, 0.2) is 33.3 Å². The number of benzene rings is 1. The molecule has 0 bridgehead atoms. The third-order valence-corrected chi connectivity index (χ3v) is 2.58. The van der Waals surface area contributed by atoms with Gasteiger partial charge < -0.3 is 15.4 Å². The molecule has 84 valence electrons. The predicted molar refractivity (Wildman–Crippen MR) is 61.4 cm³/mol. The largest absolute Gasteiger partial charge is 0.382 e. The van der Waals surface area contributed by atoms with Crippen molar-refractivity contribution in [3.8, 4) is 11.4 Å². The second-order valence-corrected chi connectivity index (χ2v) is 4.13. The molecule has 0 radical (unpaired) electrons. The topological polar surface area (TPSA) is 85.2 Å². The minimum Gasteiger partial charge on any atom is -0.382 e. The number of aliphatic hydroxyl groups is 1. The number of aromatic nitrogens is 2. The van der Waals surface area contributed by atoms with Gasteiger partial charge in [0, 0.05) is 16.6 Å². The fourth-order valence-corrected chi connectivity index (χ4v) is 1.45. The van der Waals surface area contributed by atoms with Gasteiger partial charge in [-0.25, -0.2) is 0 Å². The molecule has 1 unspecified atom stereocenters. The van der Waals surface area contributed by atoms with Crippen LogP contribution in [-0.4, -0.2) is 21.8 Å². The molecule has 0 aliphatic rings. The maximum atomic E-state index is 9.40. The molecule has 0 fully saturated rings. The molecule has 2 rings (SSSR count). The van der Waals surface area contributed by atoms with Gasteiger partial charge in [0.2, 0.25) is 5.82 Å². The van der Waals surface area contributed by atoms with Crippen LogP contribution in [0.3, 0.4) is 0 Å². The van der Waals surface area contributed by atoms with E-state index in [2.05, 4.69) is 26.1 Å². The minimum absolute atomic E-state index is 0.0575. The van der Waals surface area contributed by atoms with Gasteiger partial charge in [-0.1, -0.05) is 21.1 Å². The van der Waals surface area contributed by atoms with E-state index in [0.717, 1.165) is 10.0 Å². The first-order valence-corrected chi connectivity index (χ1v) is 5.47. The molecule has 0 spiro atoms. The second kappa shape index (κ2) is 4.73. The number of nitrogens with zero attached hydrogens (tertiary/aromatic N) is 2. The van der Waals surface area contributed by atoms with E-state index in [4.69, 9.17) is 10.3 Å². The Morgan fingerprint density at radius 1 is 1.38 bits per heavy atom. The molecular formula is C10H10BrN3O2. The Hall–Kier alpha value is -1.24. The van der Waals surface area contributed by atoms with Gasteiger partial charge in [-0.15, -0.1) is 0 Å². The van der Waals surface area contributed by atoms with Crippen LogP contribution < -0.4 is 5.73 Å². The number of hydrogen-bond donors (Lipinski definition) is 2. The zero-order chi connectivity index (χ0) is 11.5. The fraction of sp³-hybridized carbons (Fsp3) is 0.200. The van der Waals surface area contributed by atoms with Gasteiger partial charge in [0.05, 0.1) is 0 Å². The summed E-state index contributed by atoms with van der Waals surface area (Å²) in [5, 5.41) is 13.2. The zero-order valence-corrected chi connectivity index (χ0v) is 9.89. The third kappa shape index (κ3) is 2.29. The zero-order valence-electron chi connectivity index (χ0n) is 8.30. The second-order valence-electron chi connectivity index (χ2n) is 3.21. The normalized spacial score (nSPS) is 12.7. The first kappa shape index (κ1) is 11.3. The van der Waals surface area contributed by atoms with E-state index >= 15 is 0 Å². The van der Waals surface area contributed by atoms with E-state index in [0.29, 0.717) is 5.82 Å². The lowest BCUT2D eigenvalue weighted by Crippen LogP contribution is -2.11. The smallest absolute Gasteiger partial charge is 0.257 e. The van der Waals surface area contributed by atoms with Crippen molar-refractivity contribution in [2.75, 3.05) is 6.54 Å². The molecule has 0 saturated heterocycles. The summed E-state index contributed by atoms with van der Waals surface area (Å²) in [6, 6.07) is 7.47. The summed E-state index contributed by atoms with van der Waals surface area (Å²) in [5.41, 5.74) is 6.11. The highest BCUT2D eigenvalue weighted by atomic mass is 79.9. The first-order valence-electron chi connectivity index (χ1n) is 4.68. The summed E-state index contributed by atoms with van der Waals surface area (Å²) in [4.78, 5) is 4.06. The van der Waals surface area contributed by atoms with E-state index in [1.54, 1.807) is 0 Å². The highest BCUT2D eigenvalue weighted by Crippen LogP contribution is 2.20. The van der Waals surface area contributed by atoms with E-state index in [-0.39, 0.29) is 12.4 Å². The van der Waals surface area contributed by atoms with Gasteiger partial charge >= 0.3 is 0 Å². The van der Waals surface area contributed by atoms with E-state index in [9.17, 15) is 5.11 Å². The number of rotatable bonds is 3. The standard InChI is InChI=1S/C10H10BrN3O2/c11-7-3-1-6(2-4-7)9-13-10(16-14-9)8(15)5-12/h1-4,8,15H,5,12H2. The van der Waals surface area contributed by atoms with Crippen LogP contribution in [0.2, 0.25) is 0 Å². The molecule has 16 heavy (non-hydrogen) atoms. The van der Waals surface area contributed by atoms with Gasteiger partial charge in [0.25, 0.3) is 5.89 Å². The first-order chi connectivity index (χ1) is 7.70. The van der Waals surface area contributed by atoms with Crippen LogP contribution >= 0.6 is 15.9 Å². The Kier molecular flexibility index (Phi) is 3.33. The molecule has 3 N–H and O–H groups in total. The van der Waals surface area contributed by atoms with Gasteiger partial charge in [0.1, 0.15) is 6.10 Å². The lowest BCUT2D eigenvalue weighted by molar-refractivity contribution is 0.141. The summed E-state index contributed by atoms with van der Waals surface area (Å²) in [5.74, 6) is 0.579. The predicted octanol–water partition coefficient (Wildman–Crippen LogP) is 1.49. The van der Waals surface area contributed by atoms with Gasteiger partial charge in [-0.3, -0.25) is 0 Å². The number of hydrogen-bond acceptors (Lipinski definition) is 5. The lowest BCUT2D eigenvalue weighted by Gasteiger charge is -1.98. The van der Waals surface area contributed by atoms with Crippen molar-refractivity contribution >= 4 is 15.9 Å². The molecule has 0 amide bonds. The van der Waals surface area contributed by atoms with Crippen molar-refractivity contribution in [1.29, 1.82) is 0 Å². The molecule has 2 aromatic rings. The summed E-state index contributed by atoms with van der Waals surface area (Å²) in [7, 11) is 0. The Morgan fingerprint density at radius 3 is 2.69 bits per heavy atom. The molecule has 5 nitrogen and oxygen atoms in total. The molecular weight excluding hydrogens is 274 g/mol. The van der Waals surface area contributed by atoms with E-state index in [1.807, 2.05) is 24.3 Å². The Balaban J connectivity index is 2.28. The Labute approximate surface area is 100 Å². The molecule has 0 aliphatic heterocycles. The third-order valence-electron chi connectivity index (χ3n) is 2.05. The molecule has 1 aromatic heterocycles. The Morgan fingerprint density at radius 2 is 2.06 bits per heavy atom. The molecule has 1 heterocycles. The van der Waals surface area contributed by atoms with Crippen molar-refractivity contribution in [1.82, 2.24) is 10.1 Å². The quantitative estimate of drug-likeness (QED) is 0.892. The van der Waals surface area contributed by atoms with Crippen LogP contribution in [0.4, 0.5) is 0 Å². The molecule has 0 aliphatic carbocycles. The lowest BCUT2D eigenvalue weighted by atomic mass is 10.2. The van der Waals surface area contributed by atoms with E-state index < -0.39 is 6.10 Å². The minimum atomic E-state index is -0.906. The number of aliphatic hydroxyl groups excluding tert-OH is 1. The molecule has 6 heteroatoms. The van der Waals surface area contributed by atoms with Crippen LogP contribution in [0.25, 0.3) is 11.4 Å².